The van der Waals surface area contributed by atoms with Crippen molar-refractivity contribution in [3.05, 3.63) is 45.7 Å². The molecular weight excluding hydrogens is 283 g/mol. The number of aryl methyl sites for hydroxylation is 3. The molecule has 0 radical (unpaired) electrons. The van der Waals surface area contributed by atoms with Crippen molar-refractivity contribution >= 4 is 23.2 Å². The lowest BCUT2D eigenvalue weighted by atomic mass is 10.1. The highest BCUT2D eigenvalue weighted by molar-refractivity contribution is 6.32. The molecule has 0 spiro atoms. The number of hydrogen-bond acceptors (Lipinski definition) is 3. The zero-order valence-electron chi connectivity index (χ0n) is 11.0. The van der Waals surface area contributed by atoms with E-state index in [2.05, 4.69) is 9.97 Å². The summed E-state index contributed by atoms with van der Waals surface area (Å²) in [5, 5.41) is 0.752. The van der Waals surface area contributed by atoms with Gasteiger partial charge in [0, 0.05) is 22.5 Å². The maximum absolute atomic E-state index is 6.12. The molecule has 0 saturated heterocycles. The molecule has 0 atom stereocenters. The Morgan fingerprint density at radius 3 is 2.32 bits per heavy atom. The lowest BCUT2D eigenvalue weighted by Crippen LogP contribution is -1.97. The molecule has 3 nitrogen and oxygen atoms in total. The maximum Gasteiger partial charge on any atom is 0.322 e. The minimum atomic E-state index is 0.312. The van der Waals surface area contributed by atoms with Gasteiger partial charge in [-0.2, -0.15) is 4.98 Å². The van der Waals surface area contributed by atoms with Crippen LogP contribution >= 0.6 is 23.2 Å². The average molecular weight is 297 g/mol. The third kappa shape index (κ3) is 3.17. The summed E-state index contributed by atoms with van der Waals surface area (Å²) in [6.07, 6.45) is 1.68. The van der Waals surface area contributed by atoms with Gasteiger partial charge < -0.3 is 4.74 Å². The van der Waals surface area contributed by atoms with E-state index in [0.29, 0.717) is 17.6 Å². The van der Waals surface area contributed by atoms with E-state index in [4.69, 9.17) is 27.9 Å². The summed E-state index contributed by atoms with van der Waals surface area (Å²) < 4.78 is 5.65. The Balaban J connectivity index is 2.29. The Morgan fingerprint density at radius 2 is 1.79 bits per heavy atom. The Hall–Kier alpha value is -1.32. The lowest BCUT2D eigenvalue weighted by molar-refractivity contribution is 0.439. The number of aromatic nitrogens is 2. The fourth-order valence-electron chi connectivity index (χ4n) is 1.72. The number of ether oxygens (including phenoxy) is 1. The molecule has 19 heavy (non-hydrogen) atoms. The number of alkyl halides is 1. The first-order chi connectivity index (χ1) is 9.01. The Kier molecular flexibility index (Phi) is 4.27. The van der Waals surface area contributed by atoms with Gasteiger partial charge in [0.25, 0.3) is 0 Å². The van der Waals surface area contributed by atoms with Crippen LogP contribution in [0.5, 0.6) is 11.8 Å². The molecule has 0 aliphatic carbocycles. The third-order valence-electron chi connectivity index (χ3n) is 2.82. The van der Waals surface area contributed by atoms with E-state index in [9.17, 15) is 0 Å². The highest BCUT2D eigenvalue weighted by Crippen LogP contribution is 2.28. The average Bonchev–Trinajstić information content (AvgIpc) is 2.36. The van der Waals surface area contributed by atoms with Crippen LogP contribution in [0, 0.1) is 20.8 Å². The van der Waals surface area contributed by atoms with E-state index in [1.165, 1.54) is 0 Å². The summed E-state index contributed by atoms with van der Waals surface area (Å²) in [6, 6.07) is 4.04. The first kappa shape index (κ1) is 14.1. The lowest BCUT2D eigenvalue weighted by Gasteiger charge is -2.09. The van der Waals surface area contributed by atoms with Crippen molar-refractivity contribution in [1.82, 2.24) is 9.97 Å². The Labute approximate surface area is 122 Å². The summed E-state index contributed by atoms with van der Waals surface area (Å²) in [5.41, 5.74) is 3.65. The molecule has 0 aliphatic rings. The first-order valence-corrected chi connectivity index (χ1v) is 6.75. The van der Waals surface area contributed by atoms with Crippen LogP contribution in [0.15, 0.2) is 18.3 Å². The number of hydrogen-bond donors (Lipinski definition) is 0. The third-order valence-corrected chi connectivity index (χ3v) is 3.71. The van der Waals surface area contributed by atoms with Gasteiger partial charge in [0.15, 0.2) is 0 Å². The van der Waals surface area contributed by atoms with E-state index >= 15 is 0 Å². The minimum Gasteiger partial charge on any atom is -0.424 e. The number of rotatable bonds is 3. The van der Waals surface area contributed by atoms with Crippen LogP contribution in [0.3, 0.4) is 0 Å². The number of nitrogens with zero attached hydrogens (tertiary/aromatic N) is 2. The van der Waals surface area contributed by atoms with Crippen molar-refractivity contribution in [1.29, 1.82) is 0 Å². The van der Waals surface area contributed by atoms with E-state index in [0.717, 1.165) is 27.4 Å². The Morgan fingerprint density at radius 1 is 1.16 bits per heavy atom. The first-order valence-electron chi connectivity index (χ1n) is 5.84. The van der Waals surface area contributed by atoms with Gasteiger partial charge in [-0.1, -0.05) is 11.6 Å². The van der Waals surface area contributed by atoms with Gasteiger partial charge in [0.2, 0.25) is 0 Å². The van der Waals surface area contributed by atoms with Crippen molar-refractivity contribution in [3.8, 4) is 11.8 Å². The summed E-state index contributed by atoms with van der Waals surface area (Å²) >= 11 is 11.9. The van der Waals surface area contributed by atoms with Gasteiger partial charge in [0.1, 0.15) is 5.75 Å². The molecule has 100 valence electrons. The van der Waals surface area contributed by atoms with Crippen molar-refractivity contribution in [3.63, 3.8) is 0 Å². The van der Waals surface area contributed by atoms with Gasteiger partial charge in [-0.15, -0.1) is 11.6 Å². The van der Waals surface area contributed by atoms with E-state index < -0.39 is 0 Å². The topological polar surface area (TPSA) is 35.0 Å². The molecule has 0 saturated carbocycles. The van der Waals surface area contributed by atoms with Gasteiger partial charge in [0.05, 0.1) is 5.88 Å². The minimum absolute atomic E-state index is 0.312. The Bertz CT molecular complexity index is 591. The molecule has 5 heteroatoms. The van der Waals surface area contributed by atoms with Crippen LogP contribution in [0.2, 0.25) is 5.02 Å². The van der Waals surface area contributed by atoms with Crippen molar-refractivity contribution in [2.24, 2.45) is 0 Å². The molecule has 0 N–H and O–H groups in total. The molecule has 0 fully saturated rings. The summed E-state index contributed by atoms with van der Waals surface area (Å²) in [7, 11) is 0. The summed E-state index contributed by atoms with van der Waals surface area (Å²) in [6.45, 7) is 5.75. The van der Waals surface area contributed by atoms with Crippen molar-refractivity contribution < 1.29 is 4.74 Å². The van der Waals surface area contributed by atoms with E-state index in [-0.39, 0.29) is 0 Å². The SMILES string of the molecule is Cc1cc(Oc2ncc(CCl)c(C)n2)cc(C)c1Cl. The standard InChI is InChI=1S/C14H14Cl2N2O/c1-8-4-12(5-9(2)13(8)16)19-14-17-7-11(6-15)10(3)18-14/h4-5,7H,6H2,1-3H3. The molecular formula is C14H14Cl2N2O. The van der Waals surface area contributed by atoms with Crippen LogP contribution in [-0.2, 0) is 5.88 Å². The zero-order chi connectivity index (χ0) is 14.0. The molecule has 2 aromatic rings. The van der Waals surface area contributed by atoms with E-state index in [1.807, 2.05) is 32.9 Å². The summed E-state index contributed by atoms with van der Waals surface area (Å²) in [4.78, 5) is 8.41. The fourth-order valence-corrected chi connectivity index (χ4v) is 2.09. The van der Waals surface area contributed by atoms with Gasteiger partial charge in [-0.3, -0.25) is 0 Å². The predicted molar refractivity (Wildman–Crippen MR) is 77.3 cm³/mol. The normalized spacial score (nSPS) is 10.6. The van der Waals surface area contributed by atoms with Crippen LogP contribution in [0.25, 0.3) is 0 Å². The van der Waals surface area contributed by atoms with Gasteiger partial charge in [-0.05, 0) is 44.0 Å². The van der Waals surface area contributed by atoms with Crippen LogP contribution in [-0.4, -0.2) is 9.97 Å². The maximum atomic E-state index is 6.12. The molecule has 1 heterocycles. The van der Waals surface area contributed by atoms with E-state index in [1.54, 1.807) is 6.20 Å². The monoisotopic (exact) mass is 296 g/mol. The van der Waals surface area contributed by atoms with Crippen LogP contribution < -0.4 is 4.74 Å². The molecule has 1 aromatic carbocycles. The second-order valence-corrected chi connectivity index (χ2v) is 5.02. The molecule has 0 unspecified atom stereocenters. The van der Waals surface area contributed by atoms with Crippen LogP contribution in [0.4, 0.5) is 0 Å². The largest absolute Gasteiger partial charge is 0.424 e. The highest BCUT2D eigenvalue weighted by atomic mass is 35.5. The van der Waals surface area contributed by atoms with Gasteiger partial charge >= 0.3 is 6.01 Å². The van der Waals surface area contributed by atoms with Gasteiger partial charge in [-0.25, -0.2) is 4.98 Å². The smallest absolute Gasteiger partial charge is 0.322 e. The zero-order valence-corrected chi connectivity index (χ0v) is 12.5. The number of benzene rings is 1. The van der Waals surface area contributed by atoms with Crippen molar-refractivity contribution in [2.75, 3.05) is 0 Å². The predicted octanol–water partition coefficient (Wildman–Crippen LogP) is 4.59. The second kappa shape index (κ2) is 5.76. The molecule has 0 aliphatic heterocycles. The molecule has 2 rings (SSSR count). The quantitative estimate of drug-likeness (QED) is 0.777. The molecule has 1 aromatic heterocycles. The van der Waals surface area contributed by atoms with Crippen molar-refractivity contribution in [2.45, 2.75) is 26.7 Å². The fraction of sp³-hybridized carbons (Fsp3) is 0.286. The number of halogens is 2. The van der Waals surface area contributed by atoms with Crippen LogP contribution in [0.1, 0.15) is 22.4 Å². The molecule has 0 amide bonds. The summed E-state index contributed by atoms with van der Waals surface area (Å²) in [5.74, 6) is 1.07. The molecule has 0 bridgehead atoms. The second-order valence-electron chi connectivity index (χ2n) is 4.37. The highest BCUT2D eigenvalue weighted by Gasteiger charge is 2.07.